The van der Waals surface area contributed by atoms with Crippen molar-refractivity contribution in [2.75, 3.05) is 47.4 Å². The number of guanidine groups is 1. The van der Waals surface area contributed by atoms with E-state index in [0.717, 1.165) is 68.5 Å². The van der Waals surface area contributed by atoms with E-state index in [1.807, 2.05) is 0 Å². The molecular formula is C17H33N5O2. The molecule has 0 bridgehead atoms. The van der Waals surface area contributed by atoms with Gasteiger partial charge in [0, 0.05) is 45.8 Å². The first-order chi connectivity index (χ1) is 11.7. The molecular weight excluding hydrogens is 306 g/mol. The normalized spacial score (nSPS) is 12.0. The van der Waals surface area contributed by atoms with Crippen LogP contribution >= 0.6 is 0 Å². The van der Waals surface area contributed by atoms with Gasteiger partial charge in [-0.1, -0.05) is 19.0 Å². The number of likely N-dealkylation sites (N-methyl/N-ethyl adjacent to an activating group) is 1. The molecule has 1 heterocycles. The van der Waals surface area contributed by atoms with Gasteiger partial charge in [0.25, 0.3) is 0 Å². The maximum absolute atomic E-state index is 5.39. The number of hydrogen-bond donors (Lipinski definition) is 2. The van der Waals surface area contributed by atoms with Gasteiger partial charge < -0.3 is 24.8 Å². The van der Waals surface area contributed by atoms with E-state index in [2.05, 4.69) is 46.6 Å². The highest BCUT2D eigenvalue weighted by Crippen LogP contribution is 2.15. The molecule has 7 nitrogen and oxygen atoms in total. The molecule has 0 atom stereocenters. The highest BCUT2D eigenvalue weighted by atomic mass is 16.5. The molecule has 1 aromatic heterocycles. The number of aliphatic imine (C=N–C) groups is 1. The molecule has 0 amide bonds. The molecule has 0 aliphatic carbocycles. The highest BCUT2D eigenvalue weighted by molar-refractivity contribution is 5.79. The number of ether oxygens (including phenoxy) is 1. The summed E-state index contributed by atoms with van der Waals surface area (Å²) in [6.07, 6.45) is 2.78. The maximum Gasteiger partial charge on any atom is 0.191 e. The summed E-state index contributed by atoms with van der Waals surface area (Å²) >= 11 is 0. The van der Waals surface area contributed by atoms with Crippen LogP contribution in [0.3, 0.4) is 0 Å². The Bertz CT molecular complexity index is 466. The van der Waals surface area contributed by atoms with Crippen molar-refractivity contribution in [2.45, 2.75) is 39.7 Å². The lowest BCUT2D eigenvalue weighted by Gasteiger charge is -2.17. The van der Waals surface area contributed by atoms with Crippen molar-refractivity contribution in [3.05, 3.63) is 17.0 Å². The second kappa shape index (κ2) is 11.9. The van der Waals surface area contributed by atoms with Gasteiger partial charge in [-0.25, -0.2) is 0 Å². The van der Waals surface area contributed by atoms with Gasteiger partial charge >= 0.3 is 0 Å². The Morgan fingerprint density at radius 2 is 2.04 bits per heavy atom. The summed E-state index contributed by atoms with van der Waals surface area (Å²) in [4.78, 5) is 6.54. The summed E-state index contributed by atoms with van der Waals surface area (Å²) < 4.78 is 10.5. The van der Waals surface area contributed by atoms with E-state index in [1.54, 1.807) is 14.2 Å². The zero-order valence-electron chi connectivity index (χ0n) is 15.8. The van der Waals surface area contributed by atoms with Gasteiger partial charge in [-0.3, -0.25) is 4.99 Å². The molecule has 1 aromatic rings. The third-order valence-corrected chi connectivity index (χ3v) is 3.95. The van der Waals surface area contributed by atoms with Gasteiger partial charge in [0.1, 0.15) is 5.76 Å². The molecule has 0 radical (unpaired) electrons. The molecule has 0 spiro atoms. The standard InChI is InChI=1S/C17H33N5O2/c1-6-15-14(16(7-2)24-21-15)13-20-17(18-3)19-9-8-10-22(4)11-12-23-5/h6-13H2,1-5H3,(H2,18,19,20). The van der Waals surface area contributed by atoms with Crippen molar-refractivity contribution >= 4 is 5.96 Å². The third kappa shape index (κ3) is 6.88. The lowest BCUT2D eigenvalue weighted by atomic mass is 10.1. The summed E-state index contributed by atoms with van der Waals surface area (Å²) in [6, 6.07) is 0. The third-order valence-electron chi connectivity index (χ3n) is 3.95. The number of aromatic nitrogens is 1. The Hall–Kier alpha value is -1.60. The number of nitrogens with zero attached hydrogens (tertiary/aromatic N) is 3. The number of rotatable bonds is 11. The Kier molecular flexibility index (Phi) is 10.1. The van der Waals surface area contributed by atoms with Gasteiger partial charge in [0.05, 0.1) is 12.3 Å². The number of methoxy groups -OCH3 is 1. The van der Waals surface area contributed by atoms with Crippen LogP contribution in [0.25, 0.3) is 0 Å². The maximum atomic E-state index is 5.39. The summed E-state index contributed by atoms with van der Waals surface area (Å²) in [5.74, 6) is 1.76. The fourth-order valence-electron chi connectivity index (χ4n) is 2.45. The van der Waals surface area contributed by atoms with Crippen LogP contribution in [0, 0.1) is 0 Å². The zero-order valence-corrected chi connectivity index (χ0v) is 15.8. The van der Waals surface area contributed by atoms with Gasteiger partial charge in [0.15, 0.2) is 5.96 Å². The van der Waals surface area contributed by atoms with Crippen LogP contribution in [-0.4, -0.2) is 63.5 Å². The summed E-state index contributed by atoms with van der Waals surface area (Å²) in [5.41, 5.74) is 2.18. The monoisotopic (exact) mass is 339 g/mol. The zero-order chi connectivity index (χ0) is 17.8. The first-order valence-electron chi connectivity index (χ1n) is 8.74. The topological polar surface area (TPSA) is 74.9 Å². The minimum atomic E-state index is 0.684. The molecule has 138 valence electrons. The number of hydrogen-bond acceptors (Lipinski definition) is 5. The Morgan fingerprint density at radius 1 is 1.25 bits per heavy atom. The van der Waals surface area contributed by atoms with E-state index in [-0.39, 0.29) is 0 Å². The van der Waals surface area contributed by atoms with Gasteiger partial charge in [-0.05, 0) is 26.4 Å². The van der Waals surface area contributed by atoms with E-state index in [1.165, 1.54) is 0 Å². The van der Waals surface area contributed by atoms with Crippen LogP contribution in [0.4, 0.5) is 0 Å². The SMILES string of the molecule is CCc1noc(CC)c1CNC(=NC)NCCCN(C)CCOC. The van der Waals surface area contributed by atoms with Crippen molar-refractivity contribution in [1.82, 2.24) is 20.7 Å². The molecule has 0 aliphatic heterocycles. The Morgan fingerprint density at radius 3 is 2.67 bits per heavy atom. The molecule has 0 fully saturated rings. The number of aryl methyl sites for hydroxylation is 2. The van der Waals surface area contributed by atoms with Crippen molar-refractivity contribution in [3.8, 4) is 0 Å². The van der Waals surface area contributed by atoms with Gasteiger partial charge in [0.2, 0.25) is 0 Å². The number of nitrogens with one attached hydrogen (secondary N) is 2. The van der Waals surface area contributed by atoms with Crippen LogP contribution in [0.5, 0.6) is 0 Å². The summed E-state index contributed by atoms with van der Waals surface area (Å²) in [7, 11) is 5.63. The molecule has 24 heavy (non-hydrogen) atoms. The molecule has 0 unspecified atom stereocenters. The Labute approximate surface area is 145 Å². The summed E-state index contributed by atoms with van der Waals surface area (Å²) in [6.45, 7) is 8.48. The van der Waals surface area contributed by atoms with Crippen LogP contribution in [0.15, 0.2) is 9.52 Å². The smallest absolute Gasteiger partial charge is 0.191 e. The average Bonchev–Trinajstić information content (AvgIpc) is 3.01. The minimum Gasteiger partial charge on any atom is -0.383 e. The fraction of sp³-hybridized carbons (Fsp3) is 0.765. The van der Waals surface area contributed by atoms with E-state index < -0.39 is 0 Å². The lowest BCUT2D eigenvalue weighted by Crippen LogP contribution is -2.38. The first-order valence-corrected chi connectivity index (χ1v) is 8.74. The molecule has 0 saturated heterocycles. The second-order valence-electron chi connectivity index (χ2n) is 5.74. The first kappa shape index (κ1) is 20.4. The van der Waals surface area contributed by atoms with Crippen LogP contribution in [0.1, 0.15) is 37.3 Å². The van der Waals surface area contributed by atoms with Crippen LogP contribution in [0.2, 0.25) is 0 Å². The van der Waals surface area contributed by atoms with Crippen LogP contribution < -0.4 is 10.6 Å². The van der Waals surface area contributed by atoms with E-state index in [4.69, 9.17) is 9.26 Å². The lowest BCUT2D eigenvalue weighted by molar-refractivity contribution is 0.161. The van der Waals surface area contributed by atoms with E-state index in [9.17, 15) is 0 Å². The van der Waals surface area contributed by atoms with Gasteiger partial charge in [-0.15, -0.1) is 0 Å². The second-order valence-corrected chi connectivity index (χ2v) is 5.74. The summed E-state index contributed by atoms with van der Waals surface area (Å²) in [5, 5.41) is 10.8. The van der Waals surface area contributed by atoms with Gasteiger partial charge in [-0.2, -0.15) is 0 Å². The fourth-order valence-corrected chi connectivity index (χ4v) is 2.45. The molecule has 2 N–H and O–H groups in total. The molecule has 0 aromatic carbocycles. The van der Waals surface area contributed by atoms with Crippen LogP contribution in [-0.2, 0) is 24.1 Å². The highest BCUT2D eigenvalue weighted by Gasteiger charge is 2.13. The van der Waals surface area contributed by atoms with E-state index >= 15 is 0 Å². The molecule has 1 rings (SSSR count). The quantitative estimate of drug-likeness (QED) is 0.361. The molecule has 0 aliphatic rings. The minimum absolute atomic E-state index is 0.684. The van der Waals surface area contributed by atoms with E-state index in [0.29, 0.717) is 6.54 Å². The molecule has 0 saturated carbocycles. The predicted octanol–water partition coefficient (Wildman–Crippen LogP) is 1.43. The molecule has 7 heteroatoms. The Balaban J connectivity index is 2.34. The van der Waals surface area contributed by atoms with Crippen molar-refractivity contribution in [1.29, 1.82) is 0 Å². The van der Waals surface area contributed by atoms with Crippen molar-refractivity contribution < 1.29 is 9.26 Å². The largest absolute Gasteiger partial charge is 0.383 e. The van der Waals surface area contributed by atoms with Crippen molar-refractivity contribution in [3.63, 3.8) is 0 Å². The average molecular weight is 339 g/mol. The van der Waals surface area contributed by atoms with Crippen molar-refractivity contribution in [2.24, 2.45) is 4.99 Å². The predicted molar refractivity (Wildman–Crippen MR) is 97.5 cm³/mol.